The molecule has 0 fully saturated rings. The van der Waals surface area contributed by atoms with Crippen molar-refractivity contribution < 1.29 is 14.3 Å². The molecule has 1 heterocycles. The predicted molar refractivity (Wildman–Crippen MR) is 125 cm³/mol. The van der Waals surface area contributed by atoms with Crippen LogP contribution in [0.2, 0.25) is 5.02 Å². The summed E-state index contributed by atoms with van der Waals surface area (Å²) in [5.74, 6) is -0.0457. The average molecular weight is 461 g/mol. The number of halogens is 1. The fourth-order valence-electron chi connectivity index (χ4n) is 3.05. The van der Waals surface area contributed by atoms with Gasteiger partial charge in [-0.1, -0.05) is 41.9 Å². The van der Waals surface area contributed by atoms with Crippen LogP contribution >= 0.6 is 11.6 Å². The lowest BCUT2D eigenvalue weighted by molar-refractivity contribution is -0.121. The van der Waals surface area contributed by atoms with Gasteiger partial charge in [0.15, 0.2) is 0 Å². The van der Waals surface area contributed by atoms with Gasteiger partial charge >= 0.3 is 0 Å². The SMILES string of the molecule is O=C(Cc1cnn(-c2ccccc2)c1)NNC(=O)c1ccc(COc2ccc(Cl)cc2)cc1. The molecule has 0 saturated carbocycles. The van der Waals surface area contributed by atoms with E-state index in [4.69, 9.17) is 16.3 Å². The lowest BCUT2D eigenvalue weighted by Gasteiger charge is -2.09. The number of nitrogens with one attached hydrogen (secondary N) is 2. The lowest BCUT2D eigenvalue weighted by atomic mass is 10.1. The van der Waals surface area contributed by atoms with Crippen molar-refractivity contribution in [3.8, 4) is 11.4 Å². The van der Waals surface area contributed by atoms with Crippen molar-refractivity contribution in [2.24, 2.45) is 0 Å². The van der Waals surface area contributed by atoms with E-state index >= 15 is 0 Å². The minimum atomic E-state index is -0.409. The number of rotatable bonds is 7. The van der Waals surface area contributed by atoms with Crippen LogP contribution < -0.4 is 15.6 Å². The van der Waals surface area contributed by atoms with Gasteiger partial charge in [-0.2, -0.15) is 5.10 Å². The summed E-state index contributed by atoms with van der Waals surface area (Å²) >= 11 is 5.86. The van der Waals surface area contributed by atoms with Crippen LogP contribution in [0.3, 0.4) is 0 Å². The molecule has 0 spiro atoms. The molecular formula is C25H21ClN4O3. The number of amides is 2. The van der Waals surface area contributed by atoms with E-state index in [1.165, 1.54) is 0 Å². The minimum absolute atomic E-state index is 0.0914. The smallest absolute Gasteiger partial charge is 0.269 e. The van der Waals surface area contributed by atoms with Crippen molar-refractivity contribution in [1.29, 1.82) is 0 Å². The number of carbonyl (C=O) groups excluding carboxylic acids is 2. The van der Waals surface area contributed by atoms with Gasteiger partial charge in [0.2, 0.25) is 5.91 Å². The van der Waals surface area contributed by atoms with Crippen LogP contribution in [-0.2, 0) is 17.8 Å². The number of hydrogen-bond acceptors (Lipinski definition) is 4. The summed E-state index contributed by atoms with van der Waals surface area (Å²) in [6.07, 6.45) is 3.49. The first-order chi connectivity index (χ1) is 16.1. The standard InChI is InChI=1S/C25H21ClN4O3/c26-21-10-12-23(13-11-21)33-17-18-6-8-20(9-7-18)25(32)29-28-24(31)14-19-15-27-30(16-19)22-4-2-1-3-5-22/h1-13,15-16H,14,17H2,(H,28,31)(H,29,32). The summed E-state index contributed by atoms with van der Waals surface area (Å²) in [7, 11) is 0. The van der Waals surface area contributed by atoms with Gasteiger partial charge in [0.05, 0.1) is 18.3 Å². The topological polar surface area (TPSA) is 85.3 Å². The molecule has 0 saturated heterocycles. The summed E-state index contributed by atoms with van der Waals surface area (Å²) in [6, 6.07) is 23.6. The highest BCUT2D eigenvalue weighted by atomic mass is 35.5. The molecule has 0 unspecified atom stereocenters. The van der Waals surface area contributed by atoms with Crippen LogP contribution in [0.1, 0.15) is 21.5 Å². The molecule has 0 aliphatic heterocycles. The number of ether oxygens (including phenoxy) is 1. The van der Waals surface area contributed by atoms with Crippen LogP contribution in [-0.4, -0.2) is 21.6 Å². The average Bonchev–Trinajstić information content (AvgIpc) is 3.31. The molecule has 1 aromatic heterocycles. The molecule has 0 bridgehead atoms. The van der Waals surface area contributed by atoms with Crippen LogP contribution in [0.4, 0.5) is 0 Å². The van der Waals surface area contributed by atoms with Crippen LogP contribution in [0.25, 0.3) is 5.69 Å². The van der Waals surface area contributed by atoms with E-state index in [2.05, 4.69) is 16.0 Å². The Morgan fingerprint density at radius 3 is 2.33 bits per heavy atom. The summed E-state index contributed by atoms with van der Waals surface area (Å²) in [6.45, 7) is 0.358. The summed E-state index contributed by atoms with van der Waals surface area (Å²) in [5.41, 5.74) is 7.82. The van der Waals surface area contributed by atoms with E-state index in [0.29, 0.717) is 22.9 Å². The predicted octanol–water partition coefficient (Wildman–Crippen LogP) is 4.11. The number of nitrogens with zero attached hydrogens (tertiary/aromatic N) is 2. The zero-order valence-electron chi connectivity index (χ0n) is 17.6. The summed E-state index contributed by atoms with van der Waals surface area (Å²) < 4.78 is 7.38. The quantitative estimate of drug-likeness (QED) is 0.406. The van der Waals surface area contributed by atoms with Gasteiger partial charge in [0.1, 0.15) is 12.4 Å². The molecule has 7 nitrogen and oxygen atoms in total. The molecule has 0 atom stereocenters. The molecule has 4 rings (SSSR count). The summed E-state index contributed by atoms with van der Waals surface area (Å²) in [5, 5.41) is 4.91. The molecule has 2 N–H and O–H groups in total. The maximum Gasteiger partial charge on any atom is 0.269 e. The Bertz CT molecular complexity index is 1220. The van der Waals surface area contributed by atoms with Crippen molar-refractivity contribution in [3.63, 3.8) is 0 Å². The number of aromatic nitrogens is 2. The molecule has 3 aromatic carbocycles. The van der Waals surface area contributed by atoms with Crippen molar-refractivity contribution >= 4 is 23.4 Å². The Morgan fingerprint density at radius 2 is 1.61 bits per heavy atom. The second-order valence-corrected chi connectivity index (χ2v) is 7.68. The Hall–Kier alpha value is -4.10. The largest absolute Gasteiger partial charge is 0.489 e. The van der Waals surface area contributed by atoms with Gasteiger partial charge in [0.25, 0.3) is 5.91 Å². The van der Waals surface area contributed by atoms with Gasteiger partial charge < -0.3 is 4.74 Å². The number of carbonyl (C=O) groups is 2. The van der Waals surface area contributed by atoms with Crippen molar-refractivity contribution in [1.82, 2.24) is 20.6 Å². The van der Waals surface area contributed by atoms with Crippen molar-refractivity contribution in [2.75, 3.05) is 0 Å². The fraction of sp³-hybridized carbons (Fsp3) is 0.0800. The van der Waals surface area contributed by atoms with Crippen LogP contribution in [0.5, 0.6) is 5.75 Å². The molecule has 8 heteroatoms. The van der Waals surface area contributed by atoms with Crippen LogP contribution in [0, 0.1) is 0 Å². The van der Waals surface area contributed by atoms with E-state index in [0.717, 1.165) is 16.8 Å². The highest BCUT2D eigenvalue weighted by Gasteiger charge is 2.10. The highest BCUT2D eigenvalue weighted by Crippen LogP contribution is 2.17. The van der Waals surface area contributed by atoms with Gasteiger partial charge in [-0.25, -0.2) is 4.68 Å². The number of para-hydroxylation sites is 1. The van der Waals surface area contributed by atoms with E-state index in [1.54, 1.807) is 65.6 Å². The molecule has 4 aromatic rings. The Morgan fingerprint density at radius 1 is 0.879 bits per heavy atom. The molecule has 0 radical (unpaired) electrons. The second kappa shape index (κ2) is 10.5. The Balaban J connectivity index is 1.24. The monoisotopic (exact) mass is 460 g/mol. The van der Waals surface area contributed by atoms with Crippen molar-refractivity contribution in [3.05, 3.63) is 113 Å². The Kier molecular flexibility index (Phi) is 7.02. The molecule has 2 amide bonds. The highest BCUT2D eigenvalue weighted by molar-refractivity contribution is 6.30. The van der Waals surface area contributed by atoms with Gasteiger partial charge in [0, 0.05) is 16.8 Å². The molecule has 0 aliphatic carbocycles. The number of benzene rings is 3. The number of hydrogen-bond donors (Lipinski definition) is 2. The third-order valence-electron chi connectivity index (χ3n) is 4.77. The Labute approximate surface area is 195 Å². The minimum Gasteiger partial charge on any atom is -0.489 e. The summed E-state index contributed by atoms with van der Waals surface area (Å²) in [4.78, 5) is 24.5. The van der Waals surface area contributed by atoms with Gasteiger partial charge in [-0.05, 0) is 59.7 Å². The van der Waals surface area contributed by atoms with E-state index in [-0.39, 0.29) is 12.3 Å². The number of hydrazine groups is 1. The van der Waals surface area contributed by atoms with Crippen LogP contribution in [0.15, 0.2) is 91.3 Å². The van der Waals surface area contributed by atoms with Gasteiger partial charge in [-0.15, -0.1) is 0 Å². The second-order valence-electron chi connectivity index (χ2n) is 7.25. The molecule has 33 heavy (non-hydrogen) atoms. The first-order valence-electron chi connectivity index (χ1n) is 10.2. The fourth-order valence-corrected chi connectivity index (χ4v) is 3.18. The maximum atomic E-state index is 12.3. The maximum absolute atomic E-state index is 12.3. The first-order valence-corrected chi connectivity index (χ1v) is 10.6. The zero-order chi connectivity index (χ0) is 23.0. The third-order valence-corrected chi connectivity index (χ3v) is 5.02. The van der Waals surface area contributed by atoms with Gasteiger partial charge in [-0.3, -0.25) is 20.4 Å². The van der Waals surface area contributed by atoms with Crippen molar-refractivity contribution in [2.45, 2.75) is 13.0 Å². The third kappa shape index (κ3) is 6.21. The van der Waals surface area contributed by atoms with E-state index in [1.807, 2.05) is 30.3 Å². The van der Waals surface area contributed by atoms with E-state index < -0.39 is 5.91 Å². The normalized spacial score (nSPS) is 10.5. The first kappa shape index (κ1) is 22.1. The molecular weight excluding hydrogens is 440 g/mol. The molecule has 0 aliphatic rings. The van der Waals surface area contributed by atoms with E-state index in [9.17, 15) is 9.59 Å². The zero-order valence-corrected chi connectivity index (χ0v) is 18.3. The molecule has 166 valence electrons. The lowest BCUT2D eigenvalue weighted by Crippen LogP contribution is -2.42.